The number of halogens is 1. The van der Waals surface area contributed by atoms with Gasteiger partial charge in [-0.2, -0.15) is 0 Å². The molecule has 0 saturated carbocycles. The molecule has 1 fully saturated rings. The summed E-state index contributed by atoms with van der Waals surface area (Å²) in [6.45, 7) is 0.861. The topological polar surface area (TPSA) is 49.3 Å². The molecule has 1 aromatic rings. The largest absolute Gasteiger partial charge is 0.481 e. The lowest BCUT2D eigenvalue weighted by atomic mass is 9.78. The molecular weight excluding hydrogens is 214 g/mol. The van der Waals surface area contributed by atoms with Crippen LogP contribution in [0.4, 0.5) is 0 Å². The number of nitrogens with one attached hydrogen (secondary N) is 1. The van der Waals surface area contributed by atoms with Crippen LogP contribution in [0.5, 0.6) is 0 Å². The Bertz CT molecular complexity index is 388. The van der Waals surface area contributed by atoms with E-state index < -0.39 is 11.5 Å². The predicted molar refractivity (Wildman–Crippen MR) is 58.0 cm³/mol. The molecule has 1 heterocycles. The van der Waals surface area contributed by atoms with Gasteiger partial charge in [-0.05, 0) is 30.7 Å². The normalized spacial score (nSPS) is 24.6. The van der Waals surface area contributed by atoms with Crippen molar-refractivity contribution in [1.82, 2.24) is 5.32 Å². The average Bonchev–Trinajstić information content (AvgIpc) is 2.11. The minimum atomic E-state index is -0.790. The number of aliphatic carboxylic acids is 1. The van der Waals surface area contributed by atoms with Crippen LogP contribution in [-0.2, 0) is 10.3 Å². The van der Waals surface area contributed by atoms with Gasteiger partial charge in [0.05, 0.1) is 12.0 Å². The second kappa shape index (κ2) is 3.83. The van der Waals surface area contributed by atoms with Gasteiger partial charge in [0.15, 0.2) is 0 Å². The van der Waals surface area contributed by atoms with Gasteiger partial charge in [0.2, 0.25) is 0 Å². The molecule has 0 amide bonds. The zero-order chi connectivity index (χ0) is 10.9. The molecule has 0 aromatic heterocycles. The lowest BCUT2D eigenvalue weighted by molar-refractivity contribution is -0.139. The first kappa shape index (κ1) is 10.5. The highest BCUT2D eigenvalue weighted by Gasteiger charge is 2.40. The molecule has 4 heteroatoms. The Labute approximate surface area is 93.1 Å². The van der Waals surface area contributed by atoms with Gasteiger partial charge in [0.25, 0.3) is 0 Å². The number of carbonyl (C=O) groups is 1. The summed E-state index contributed by atoms with van der Waals surface area (Å²) in [5.41, 5.74) is 0.556. The summed E-state index contributed by atoms with van der Waals surface area (Å²) in [6, 6.07) is 7.39. The molecule has 80 valence electrons. The summed E-state index contributed by atoms with van der Waals surface area (Å²) in [6.07, 6.45) is 0.951. The first-order chi connectivity index (χ1) is 7.12. The number of rotatable bonds is 3. The molecule has 0 radical (unpaired) electrons. The van der Waals surface area contributed by atoms with Gasteiger partial charge in [-0.1, -0.05) is 23.7 Å². The van der Waals surface area contributed by atoms with Crippen molar-refractivity contribution in [2.75, 3.05) is 6.54 Å². The van der Waals surface area contributed by atoms with E-state index in [0.29, 0.717) is 5.02 Å². The summed E-state index contributed by atoms with van der Waals surface area (Å²) >= 11 is 5.89. The first-order valence-electron chi connectivity index (χ1n) is 4.85. The first-order valence-corrected chi connectivity index (χ1v) is 5.23. The van der Waals surface area contributed by atoms with Crippen LogP contribution in [0, 0.1) is 0 Å². The van der Waals surface area contributed by atoms with Gasteiger partial charge in [0.1, 0.15) is 0 Å². The lowest BCUT2D eigenvalue weighted by Gasteiger charge is -2.42. The van der Waals surface area contributed by atoms with Crippen LogP contribution >= 0.6 is 11.6 Å². The van der Waals surface area contributed by atoms with Crippen molar-refractivity contribution in [3.63, 3.8) is 0 Å². The van der Waals surface area contributed by atoms with E-state index in [1.807, 2.05) is 18.2 Å². The second-order valence-corrected chi connectivity index (χ2v) is 4.28. The van der Waals surface area contributed by atoms with Crippen molar-refractivity contribution in [2.24, 2.45) is 0 Å². The Morgan fingerprint density at radius 3 is 2.80 bits per heavy atom. The van der Waals surface area contributed by atoms with E-state index in [1.165, 1.54) is 0 Å². The quantitative estimate of drug-likeness (QED) is 0.827. The van der Waals surface area contributed by atoms with Crippen LogP contribution < -0.4 is 5.32 Å². The molecule has 0 spiro atoms. The van der Waals surface area contributed by atoms with Crippen molar-refractivity contribution in [3.8, 4) is 0 Å². The van der Waals surface area contributed by atoms with Crippen molar-refractivity contribution in [2.45, 2.75) is 18.4 Å². The molecule has 0 aliphatic carbocycles. The van der Waals surface area contributed by atoms with Crippen LogP contribution in [0.15, 0.2) is 24.3 Å². The number of benzene rings is 1. The predicted octanol–water partition coefficient (Wildman–Crippen LogP) is 2.00. The molecule has 1 aliphatic heterocycles. The Morgan fingerprint density at radius 1 is 1.60 bits per heavy atom. The summed E-state index contributed by atoms with van der Waals surface area (Å²) in [5, 5.41) is 12.7. The smallest absolute Gasteiger partial charge is 0.305 e. The fraction of sp³-hybridized carbons (Fsp3) is 0.364. The van der Waals surface area contributed by atoms with Crippen LogP contribution in [0.2, 0.25) is 5.02 Å². The summed E-state index contributed by atoms with van der Waals surface area (Å²) in [7, 11) is 0. The minimum Gasteiger partial charge on any atom is -0.481 e. The molecule has 0 bridgehead atoms. The zero-order valence-electron chi connectivity index (χ0n) is 8.16. The van der Waals surface area contributed by atoms with Crippen LogP contribution in [0.3, 0.4) is 0 Å². The third-order valence-electron chi connectivity index (χ3n) is 2.85. The van der Waals surface area contributed by atoms with Crippen LogP contribution in [-0.4, -0.2) is 17.6 Å². The van der Waals surface area contributed by atoms with Crippen molar-refractivity contribution >= 4 is 17.6 Å². The lowest BCUT2D eigenvalue weighted by Crippen LogP contribution is -2.55. The molecule has 1 unspecified atom stereocenters. The fourth-order valence-corrected chi connectivity index (χ4v) is 2.16. The minimum absolute atomic E-state index is 0.105. The molecule has 2 N–H and O–H groups in total. The number of carboxylic acid groups (broad SMARTS) is 1. The van der Waals surface area contributed by atoms with Crippen LogP contribution in [0.25, 0.3) is 0 Å². The van der Waals surface area contributed by atoms with Crippen molar-refractivity contribution in [1.29, 1.82) is 0 Å². The molecule has 1 aliphatic rings. The van der Waals surface area contributed by atoms with E-state index in [-0.39, 0.29) is 6.42 Å². The number of carboxylic acids is 1. The van der Waals surface area contributed by atoms with E-state index in [9.17, 15) is 4.79 Å². The monoisotopic (exact) mass is 225 g/mol. The highest BCUT2D eigenvalue weighted by molar-refractivity contribution is 6.30. The van der Waals surface area contributed by atoms with Gasteiger partial charge >= 0.3 is 5.97 Å². The Balaban J connectivity index is 2.29. The van der Waals surface area contributed by atoms with Crippen molar-refractivity contribution in [3.05, 3.63) is 34.9 Å². The van der Waals surface area contributed by atoms with Gasteiger partial charge in [-0.3, -0.25) is 4.79 Å². The molecule has 2 rings (SSSR count). The Kier molecular flexibility index (Phi) is 2.67. The third kappa shape index (κ3) is 1.98. The number of hydrogen-bond acceptors (Lipinski definition) is 2. The second-order valence-electron chi connectivity index (χ2n) is 3.84. The molecule has 1 aromatic carbocycles. The molecular formula is C11H12ClNO2. The van der Waals surface area contributed by atoms with Gasteiger partial charge in [-0.25, -0.2) is 0 Å². The highest BCUT2D eigenvalue weighted by Crippen LogP contribution is 2.35. The molecule has 1 atom stereocenters. The third-order valence-corrected chi connectivity index (χ3v) is 3.08. The maximum atomic E-state index is 10.8. The summed E-state index contributed by atoms with van der Waals surface area (Å²) < 4.78 is 0. The van der Waals surface area contributed by atoms with E-state index in [4.69, 9.17) is 16.7 Å². The highest BCUT2D eigenvalue weighted by atomic mass is 35.5. The van der Waals surface area contributed by atoms with E-state index in [2.05, 4.69) is 5.32 Å². The molecule has 1 saturated heterocycles. The van der Waals surface area contributed by atoms with Crippen molar-refractivity contribution < 1.29 is 9.90 Å². The standard InChI is InChI=1S/C11H12ClNO2/c12-9-3-1-2-8(6-9)11(4-5-13-11)7-10(14)15/h1-3,6,13H,4-5,7H2,(H,14,15). The maximum Gasteiger partial charge on any atom is 0.305 e. The van der Waals surface area contributed by atoms with Gasteiger partial charge < -0.3 is 10.4 Å². The molecule has 15 heavy (non-hydrogen) atoms. The summed E-state index contributed by atoms with van der Waals surface area (Å²) in [5.74, 6) is -0.790. The maximum absolute atomic E-state index is 10.8. The van der Waals surface area contributed by atoms with E-state index in [0.717, 1.165) is 18.5 Å². The zero-order valence-corrected chi connectivity index (χ0v) is 8.92. The van der Waals surface area contributed by atoms with Crippen LogP contribution in [0.1, 0.15) is 18.4 Å². The average molecular weight is 226 g/mol. The summed E-state index contributed by atoms with van der Waals surface area (Å²) in [4.78, 5) is 10.8. The Morgan fingerprint density at radius 2 is 2.33 bits per heavy atom. The fourth-order valence-electron chi connectivity index (χ4n) is 1.97. The Hall–Kier alpha value is -1.06. The SMILES string of the molecule is O=C(O)CC1(c2cccc(Cl)c2)CCN1. The van der Waals surface area contributed by atoms with Gasteiger partial charge in [-0.15, -0.1) is 0 Å². The van der Waals surface area contributed by atoms with E-state index in [1.54, 1.807) is 6.07 Å². The number of hydrogen-bond donors (Lipinski definition) is 2. The molecule has 3 nitrogen and oxygen atoms in total. The van der Waals surface area contributed by atoms with E-state index >= 15 is 0 Å². The van der Waals surface area contributed by atoms with Gasteiger partial charge in [0, 0.05) is 5.02 Å².